The molecule has 0 aliphatic rings. The van der Waals surface area contributed by atoms with Crippen LogP contribution >= 0.6 is 11.6 Å². The van der Waals surface area contributed by atoms with E-state index in [1.807, 2.05) is 0 Å². The molecule has 170 valence electrons. The van der Waals surface area contributed by atoms with Crippen LogP contribution in [-0.2, 0) is 11.3 Å². The lowest BCUT2D eigenvalue weighted by Crippen LogP contribution is -2.29. The highest BCUT2D eigenvalue weighted by Crippen LogP contribution is 2.12. The molecule has 3 aromatic heterocycles. The normalized spacial score (nSPS) is 12.0. The number of rotatable bonds is 6. The van der Waals surface area contributed by atoms with Crippen LogP contribution in [0.5, 0.6) is 0 Å². The second-order valence-corrected chi connectivity index (χ2v) is 8.21. The minimum atomic E-state index is -0.521. The molecule has 1 aromatic carbocycles. The summed E-state index contributed by atoms with van der Waals surface area (Å²) in [6, 6.07) is 15.9. The maximum absolute atomic E-state index is 13.1. The molecule has 34 heavy (non-hydrogen) atoms. The first-order valence-corrected chi connectivity index (χ1v) is 11.4. The molecule has 0 unspecified atom stereocenters. The van der Waals surface area contributed by atoms with E-state index in [0.29, 0.717) is 28.2 Å². The van der Waals surface area contributed by atoms with Crippen LogP contribution in [0.25, 0.3) is 22.8 Å². The van der Waals surface area contributed by atoms with E-state index >= 15 is 0 Å². The molecule has 0 saturated heterocycles. The molecule has 1 amide bonds. The standard InChI is InChI=1S/C26H22ClN5O2/c1-2-3-5-15-32-24(30-23(33)13-10-18-8-11-20(27)12-9-18)19(17-28)16-21-25(32)29-22-7-4-6-14-31(22)26(21)34/h4,6-14,16H,2-3,5,15H2,1H3. The first-order chi connectivity index (χ1) is 16.5. The van der Waals surface area contributed by atoms with Crippen LogP contribution in [0.1, 0.15) is 37.3 Å². The van der Waals surface area contributed by atoms with Crippen molar-refractivity contribution in [2.24, 2.45) is 4.99 Å². The van der Waals surface area contributed by atoms with Crippen molar-refractivity contribution >= 4 is 40.3 Å². The van der Waals surface area contributed by atoms with Gasteiger partial charge in [0.1, 0.15) is 17.4 Å². The van der Waals surface area contributed by atoms with Crippen LogP contribution < -0.4 is 11.0 Å². The lowest BCUT2D eigenvalue weighted by atomic mass is 10.2. The molecule has 3 heterocycles. The number of nitriles is 1. The molecule has 0 bridgehead atoms. The summed E-state index contributed by atoms with van der Waals surface area (Å²) in [6.45, 7) is 2.56. The SMILES string of the molecule is CCCCCn1c(=NC(=O)C=Cc2ccc(Cl)cc2)c(C#N)cc2c(=O)n3ccccc3nc21. The predicted octanol–water partition coefficient (Wildman–Crippen LogP) is 4.51. The molecule has 4 aromatic rings. The molecular formula is C26H22ClN5O2. The van der Waals surface area contributed by atoms with E-state index in [2.05, 4.69) is 23.0 Å². The highest BCUT2D eigenvalue weighted by molar-refractivity contribution is 6.30. The van der Waals surface area contributed by atoms with Gasteiger partial charge in [0.25, 0.3) is 11.5 Å². The summed E-state index contributed by atoms with van der Waals surface area (Å²) in [7, 11) is 0. The van der Waals surface area contributed by atoms with Gasteiger partial charge in [0.2, 0.25) is 0 Å². The number of carbonyl (C=O) groups is 1. The fraction of sp³-hybridized carbons (Fsp3) is 0.192. The Hall–Kier alpha value is -4.02. The minimum Gasteiger partial charge on any atom is -0.309 e. The number of hydrogen-bond donors (Lipinski definition) is 0. The summed E-state index contributed by atoms with van der Waals surface area (Å²) in [4.78, 5) is 34.8. The number of unbranched alkanes of at least 4 members (excludes halogenated alkanes) is 2. The third-order valence-corrected chi connectivity index (χ3v) is 5.65. The number of carbonyl (C=O) groups excluding carboxylic acids is 1. The Morgan fingerprint density at radius 1 is 1.21 bits per heavy atom. The van der Waals surface area contributed by atoms with E-state index in [9.17, 15) is 14.9 Å². The first kappa shape index (κ1) is 23.1. The summed E-state index contributed by atoms with van der Waals surface area (Å²) in [5.74, 6) is -0.521. The largest absolute Gasteiger partial charge is 0.309 e. The third-order valence-electron chi connectivity index (χ3n) is 5.40. The van der Waals surface area contributed by atoms with Crippen LogP contribution in [0.2, 0.25) is 5.02 Å². The molecule has 0 radical (unpaired) electrons. The molecule has 0 spiro atoms. The number of halogens is 1. The number of aryl methyl sites for hydroxylation is 1. The Morgan fingerprint density at radius 3 is 2.74 bits per heavy atom. The van der Waals surface area contributed by atoms with Crippen LogP contribution in [0.15, 0.2) is 70.6 Å². The predicted molar refractivity (Wildman–Crippen MR) is 132 cm³/mol. The van der Waals surface area contributed by atoms with Crippen LogP contribution in [0.4, 0.5) is 0 Å². The molecule has 0 fully saturated rings. The van der Waals surface area contributed by atoms with E-state index in [-0.39, 0.29) is 16.6 Å². The van der Waals surface area contributed by atoms with Crippen molar-refractivity contribution in [3.8, 4) is 6.07 Å². The molecule has 4 rings (SSSR count). The summed E-state index contributed by atoms with van der Waals surface area (Å²) < 4.78 is 3.16. The third kappa shape index (κ3) is 4.82. The van der Waals surface area contributed by atoms with E-state index < -0.39 is 5.91 Å². The molecule has 8 heteroatoms. The average Bonchev–Trinajstić information content (AvgIpc) is 2.85. The van der Waals surface area contributed by atoms with Gasteiger partial charge in [-0.1, -0.05) is 49.6 Å². The van der Waals surface area contributed by atoms with Gasteiger partial charge in [-0.05, 0) is 48.4 Å². The first-order valence-electron chi connectivity index (χ1n) is 11.0. The Morgan fingerprint density at radius 2 is 2.00 bits per heavy atom. The summed E-state index contributed by atoms with van der Waals surface area (Å²) >= 11 is 5.91. The van der Waals surface area contributed by atoms with Crippen LogP contribution in [0.3, 0.4) is 0 Å². The van der Waals surface area contributed by atoms with Crippen molar-refractivity contribution in [2.75, 3.05) is 0 Å². The van der Waals surface area contributed by atoms with E-state index in [1.165, 1.54) is 16.5 Å². The maximum atomic E-state index is 13.1. The molecule has 0 aliphatic carbocycles. The lowest BCUT2D eigenvalue weighted by Gasteiger charge is -2.13. The van der Waals surface area contributed by atoms with Gasteiger partial charge in [-0.2, -0.15) is 10.3 Å². The van der Waals surface area contributed by atoms with Gasteiger partial charge >= 0.3 is 0 Å². The van der Waals surface area contributed by atoms with E-state index in [1.54, 1.807) is 59.3 Å². The summed E-state index contributed by atoms with van der Waals surface area (Å²) in [6.07, 6.45) is 7.34. The van der Waals surface area contributed by atoms with Crippen molar-refractivity contribution < 1.29 is 4.79 Å². The van der Waals surface area contributed by atoms with Gasteiger partial charge in [0, 0.05) is 23.8 Å². The molecule has 0 aliphatic heterocycles. The average molecular weight is 472 g/mol. The van der Waals surface area contributed by atoms with E-state index in [4.69, 9.17) is 11.6 Å². The fourth-order valence-corrected chi connectivity index (χ4v) is 3.82. The fourth-order valence-electron chi connectivity index (χ4n) is 3.70. The smallest absolute Gasteiger partial charge is 0.271 e. The molecule has 0 atom stereocenters. The zero-order valence-electron chi connectivity index (χ0n) is 18.6. The zero-order valence-corrected chi connectivity index (χ0v) is 19.4. The van der Waals surface area contributed by atoms with Gasteiger partial charge in [-0.25, -0.2) is 4.98 Å². The number of nitrogens with zero attached hydrogens (tertiary/aromatic N) is 5. The molecule has 0 saturated carbocycles. The molecule has 0 N–H and O–H groups in total. The monoisotopic (exact) mass is 471 g/mol. The van der Waals surface area contributed by atoms with Crippen LogP contribution in [-0.4, -0.2) is 19.9 Å². The van der Waals surface area contributed by atoms with Crippen molar-refractivity contribution in [2.45, 2.75) is 32.7 Å². The van der Waals surface area contributed by atoms with Gasteiger partial charge < -0.3 is 4.57 Å². The molecule has 7 nitrogen and oxygen atoms in total. The van der Waals surface area contributed by atoms with Gasteiger partial charge in [-0.15, -0.1) is 0 Å². The van der Waals surface area contributed by atoms with Crippen molar-refractivity contribution in [3.05, 3.63) is 92.8 Å². The highest BCUT2D eigenvalue weighted by Gasteiger charge is 2.14. The lowest BCUT2D eigenvalue weighted by molar-refractivity contribution is -0.113. The maximum Gasteiger partial charge on any atom is 0.271 e. The van der Waals surface area contributed by atoms with Crippen LogP contribution in [0, 0.1) is 11.3 Å². The van der Waals surface area contributed by atoms with E-state index in [0.717, 1.165) is 24.8 Å². The van der Waals surface area contributed by atoms with Crippen molar-refractivity contribution in [1.82, 2.24) is 14.0 Å². The Labute approximate surface area is 200 Å². The summed E-state index contributed by atoms with van der Waals surface area (Å²) in [5.41, 5.74) is 1.75. The second-order valence-electron chi connectivity index (χ2n) is 7.77. The second kappa shape index (κ2) is 10.3. The number of pyridine rings is 2. The number of aromatic nitrogens is 3. The van der Waals surface area contributed by atoms with Crippen molar-refractivity contribution in [3.63, 3.8) is 0 Å². The zero-order chi connectivity index (χ0) is 24.1. The quantitative estimate of drug-likeness (QED) is 0.235. The Bertz CT molecular complexity index is 1570. The van der Waals surface area contributed by atoms with Gasteiger partial charge in [-0.3, -0.25) is 14.0 Å². The van der Waals surface area contributed by atoms with Crippen molar-refractivity contribution in [1.29, 1.82) is 5.26 Å². The summed E-state index contributed by atoms with van der Waals surface area (Å²) in [5, 5.41) is 10.7. The molecular weight excluding hydrogens is 450 g/mol. The topological polar surface area (TPSA) is 92.5 Å². The minimum absolute atomic E-state index is 0.145. The van der Waals surface area contributed by atoms with Gasteiger partial charge in [0.15, 0.2) is 5.49 Å². The number of amides is 1. The number of benzene rings is 1. The Kier molecular flexibility index (Phi) is 7.00. The number of hydrogen-bond acceptors (Lipinski definition) is 4. The highest BCUT2D eigenvalue weighted by atomic mass is 35.5. The number of fused-ring (bicyclic) bond motifs is 2. The Balaban J connectivity index is 1.91. The van der Waals surface area contributed by atoms with Gasteiger partial charge in [0.05, 0.1) is 10.9 Å².